The third kappa shape index (κ3) is 3.37. The number of nitrogens with zero attached hydrogens (tertiary/aromatic N) is 1. The SMILES string of the molecule is CC(C)Sc1ccc(-c2cc(CCN)[nH]n2)cc1. The summed E-state index contributed by atoms with van der Waals surface area (Å²) >= 11 is 1.87. The lowest BCUT2D eigenvalue weighted by Gasteiger charge is -2.04. The van der Waals surface area contributed by atoms with E-state index in [9.17, 15) is 0 Å². The largest absolute Gasteiger partial charge is 0.330 e. The van der Waals surface area contributed by atoms with E-state index in [1.807, 2.05) is 11.8 Å². The van der Waals surface area contributed by atoms with Gasteiger partial charge < -0.3 is 5.73 Å². The first-order valence-corrected chi connectivity index (χ1v) is 7.08. The molecule has 18 heavy (non-hydrogen) atoms. The topological polar surface area (TPSA) is 54.7 Å². The number of hydrogen-bond acceptors (Lipinski definition) is 3. The van der Waals surface area contributed by atoms with E-state index in [1.54, 1.807) is 0 Å². The fraction of sp³-hybridized carbons (Fsp3) is 0.357. The normalized spacial score (nSPS) is 11.1. The van der Waals surface area contributed by atoms with E-state index in [4.69, 9.17) is 5.73 Å². The van der Waals surface area contributed by atoms with E-state index in [0.29, 0.717) is 11.8 Å². The molecule has 2 rings (SSSR count). The van der Waals surface area contributed by atoms with Crippen molar-refractivity contribution < 1.29 is 0 Å². The minimum atomic E-state index is 0.609. The van der Waals surface area contributed by atoms with Crippen LogP contribution in [-0.4, -0.2) is 22.0 Å². The molecule has 1 aromatic heterocycles. The van der Waals surface area contributed by atoms with Crippen molar-refractivity contribution in [1.29, 1.82) is 0 Å². The first-order chi connectivity index (χ1) is 8.69. The van der Waals surface area contributed by atoms with Crippen molar-refractivity contribution in [2.45, 2.75) is 30.4 Å². The molecule has 0 saturated carbocycles. The summed E-state index contributed by atoms with van der Waals surface area (Å²) in [7, 11) is 0. The molecule has 0 aliphatic carbocycles. The van der Waals surface area contributed by atoms with Gasteiger partial charge in [-0.1, -0.05) is 26.0 Å². The van der Waals surface area contributed by atoms with Gasteiger partial charge in [-0.3, -0.25) is 5.10 Å². The Morgan fingerprint density at radius 1 is 1.28 bits per heavy atom. The van der Waals surface area contributed by atoms with Crippen LogP contribution < -0.4 is 5.73 Å². The Kier molecular flexibility index (Phi) is 4.44. The summed E-state index contributed by atoms with van der Waals surface area (Å²) < 4.78 is 0. The van der Waals surface area contributed by atoms with Gasteiger partial charge in [-0.25, -0.2) is 0 Å². The van der Waals surface area contributed by atoms with Gasteiger partial charge in [0.2, 0.25) is 0 Å². The predicted octanol–water partition coefficient (Wildman–Crippen LogP) is 3.08. The van der Waals surface area contributed by atoms with Crippen molar-refractivity contribution in [2.75, 3.05) is 6.54 Å². The van der Waals surface area contributed by atoms with Gasteiger partial charge in [0.15, 0.2) is 0 Å². The molecule has 0 amide bonds. The quantitative estimate of drug-likeness (QED) is 0.813. The third-order valence-electron chi connectivity index (χ3n) is 2.57. The third-order valence-corrected chi connectivity index (χ3v) is 3.58. The average Bonchev–Trinajstić information content (AvgIpc) is 2.78. The van der Waals surface area contributed by atoms with Crippen molar-refractivity contribution in [3.05, 3.63) is 36.0 Å². The highest BCUT2D eigenvalue weighted by molar-refractivity contribution is 7.99. The summed E-state index contributed by atoms with van der Waals surface area (Å²) in [6.45, 7) is 5.04. The molecule has 0 radical (unpaired) electrons. The van der Waals surface area contributed by atoms with Crippen LogP contribution >= 0.6 is 11.8 Å². The smallest absolute Gasteiger partial charge is 0.0923 e. The summed E-state index contributed by atoms with van der Waals surface area (Å²) in [5, 5.41) is 7.93. The summed E-state index contributed by atoms with van der Waals surface area (Å²) in [4.78, 5) is 1.30. The maximum atomic E-state index is 5.52. The van der Waals surface area contributed by atoms with Crippen molar-refractivity contribution in [1.82, 2.24) is 10.2 Å². The van der Waals surface area contributed by atoms with E-state index < -0.39 is 0 Å². The summed E-state index contributed by atoms with van der Waals surface area (Å²) in [5.41, 5.74) is 8.74. The maximum Gasteiger partial charge on any atom is 0.0923 e. The van der Waals surface area contributed by atoms with Crippen LogP contribution in [0.1, 0.15) is 19.5 Å². The van der Waals surface area contributed by atoms with Crippen molar-refractivity contribution in [3.63, 3.8) is 0 Å². The molecule has 0 aliphatic heterocycles. The Hall–Kier alpha value is -1.26. The Balaban J connectivity index is 2.12. The second-order valence-electron chi connectivity index (χ2n) is 4.51. The zero-order chi connectivity index (χ0) is 13.0. The van der Waals surface area contributed by atoms with Crippen LogP contribution in [0.15, 0.2) is 35.2 Å². The molecule has 2 aromatic rings. The number of nitrogens with one attached hydrogen (secondary N) is 1. The molecule has 0 unspecified atom stereocenters. The minimum Gasteiger partial charge on any atom is -0.330 e. The van der Waals surface area contributed by atoms with Gasteiger partial charge >= 0.3 is 0 Å². The van der Waals surface area contributed by atoms with E-state index in [-0.39, 0.29) is 0 Å². The second kappa shape index (κ2) is 6.07. The van der Waals surface area contributed by atoms with E-state index in [2.05, 4.69) is 54.4 Å². The van der Waals surface area contributed by atoms with E-state index >= 15 is 0 Å². The van der Waals surface area contributed by atoms with Crippen LogP contribution in [0.5, 0.6) is 0 Å². The summed E-state index contributed by atoms with van der Waals surface area (Å²) in [6.07, 6.45) is 0.842. The van der Waals surface area contributed by atoms with Crippen LogP contribution in [0.2, 0.25) is 0 Å². The van der Waals surface area contributed by atoms with Crippen LogP contribution in [0.3, 0.4) is 0 Å². The highest BCUT2D eigenvalue weighted by atomic mass is 32.2. The molecule has 96 valence electrons. The van der Waals surface area contributed by atoms with Gasteiger partial charge in [-0.05, 0) is 24.7 Å². The lowest BCUT2D eigenvalue weighted by molar-refractivity contribution is 0.902. The predicted molar refractivity (Wildman–Crippen MR) is 77.8 cm³/mol. The molecule has 1 aromatic carbocycles. The molecule has 0 spiro atoms. The lowest BCUT2D eigenvalue weighted by Crippen LogP contribution is -2.02. The van der Waals surface area contributed by atoms with E-state index in [1.165, 1.54) is 4.90 Å². The Morgan fingerprint density at radius 3 is 2.61 bits per heavy atom. The first-order valence-electron chi connectivity index (χ1n) is 6.20. The number of rotatable bonds is 5. The van der Waals surface area contributed by atoms with E-state index in [0.717, 1.165) is 23.4 Å². The van der Waals surface area contributed by atoms with Gasteiger partial charge in [0, 0.05) is 27.8 Å². The van der Waals surface area contributed by atoms with Crippen LogP contribution in [0.25, 0.3) is 11.3 Å². The Bertz CT molecular complexity index is 488. The minimum absolute atomic E-state index is 0.609. The molecule has 0 saturated heterocycles. The maximum absolute atomic E-state index is 5.52. The molecule has 4 heteroatoms. The van der Waals surface area contributed by atoms with Crippen LogP contribution in [-0.2, 0) is 6.42 Å². The van der Waals surface area contributed by atoms with Gasteiger partial charge in [-0.15, -0.1) is 11.8 Å². The molecule has 0 aliphatic rings. The number of nitrogens with two attached hydrogens (primary N) is 1. The fourth-order valence-electron chi connectivity index (χ4n) is 1.77. The van der Waals surface area contributed by atoms with Crippen LogP contribution in [0.4, 0.5) is 0 Å². The zero-order valence-electron chi connectivity index (χ0n) is 10.8. The molecule has 3 nitrogen and oxygen atoms in total. The van der Waals surface area contributed by atoms with Crippen molar-refractivity contribution in [2.24, 2.45) is 5.73 Å². The van der Waals surface area contributed by atoms with Crippen molar-refractivity contribution >= 4 is 11.8 Å². The molecule has 0 atom stereocenters. The standard InChI is InChI=1S/C14H19N3S/c1-10(2)18-13-5-3-11(4-6-13)14-9-12(7-8-15)16-17-14/h3-6,9-10H,7-8,15H2,1-2H3,(H,16,17). The number of H-pyrrole nitrogens is 1. The van der Waals surface area contributed by atoms with Gasteiger partial charge in [0.1, 0.15) is 0 Å². The molecular weight excluding hydrogens is 242 g/mol. The Morgan fingerprint density at radius 2 is 2.00 bits per heavy atom. The molecule has 0 bridgehead atoms. The number of benzene rings is 1. The molecule has 3 N–H and O–H groups in total. The summed E-state index contributed by atoms with van der Waals surface area (Å²) in [5.74, 6) is 0. The van der Waals surface area contributed by atoms with Gasteiger partial charge in [-0.2, -0.15) is 5.10 Å². The first kappa shape index (κ1) is 13.2. The monoisotopic (exact) mass is 261 g/mol. The average molecular weight is 261 g/mol. The number of hydrogen-bond donors (Lipinski definition) is 2. The highest BCUT2D eigenvalue weighted by Gasteiger charge is 2.04. The number of thioether (sulfide) groups is 1. The number of aromatic nitrogens is 2. The highest BCUT2D eigenvalue weighted by Crippen LogP contribution is 2.26. The van der Waals surface area contributed by atoms with Gasteiger partial charge in [0.25, 0.3) is 0 Å². The molecule has 1 heterocycles. The Labute approximate surface area is 112 Å². The summed E-state index contributed by atoms with van der Waals surface area (Å²) in [6, 6.07) is 10.6. The molecular formula is C14H19N3S. The number of aromatic amines is 1. The second-order valence-corrected chi connectivity index (χ2v) is 6.16. The van der Waals surface area contributed by atoms with Crippen LogP contribution in [0, 0.1) is 0 Å². The fourth-order valence-corrected chi connectivity index (χ4v) is 2.61. The zero-order valence-corrected chi connectivity index (χ0v) is 11.6. The van der Waals surface area contributed by atoms with Crippen molar-refractivity contribution in [3.8, 4) is 11.3 Å². The molecule has 0 fully saturated rings. The van der Waals surface area contributed by atoms with Gasteiger partial charge in [0.05, 0.1) is 5.69 Å². The lowest BCUT2D eigenvalue weighted by atomic mass is 10.1.